The summed E-state index contributed by atoms with van der Waals surface area (Å²) in [7, 11) is 1.72. The van der Waals surface area contributed by atoms with Gasteiger partial charge in [0.2, 0.25) is 5.91 Å². The summed E-state index contributed by atoms with van der Waals surface area (Å²) in [5.41, 5.74) is 0. The van der Waals surface area contributed by atoms with Crippen LogP contribution in [0.4, 0.5) is 10.2 Å². The van der Waals surface area contributed by atoms with Crippen LogP contribution in [0.1, 0.15) is 44.9 Å². The number of carbonyl (C=O) groups is 1. The van der Waals surface area contributed by atoms with Crippen LogP contribution >= 0.6 is 0 Å². The molecule has 1 saturated heterocycles. The van der Waals surface area contributed by atoms with Crippen LogP contribution in [0.15, 0.2) is 23.3 Å². The van der Waals surface area contributed by atoms with E-state index >= 15 is 0 Å². The lowest BCUT2D eigenvalue weighted by atomic mass is 9.87. The average molecular weight is 405 g/mol. The number of hydrogen-bond acceptors (Lipinski definition) is 4. The Kier molecular flexibility index (Phi) is 8.07. The fraction of sp³-hybridized carbons (Fsp3) is 0.667. The molecule has 1 aromatic rings. The fourth-order valence-corrected chi connectivity index (χ4v) is 4.18. The van der Waals surface area contributed by atoms with Crippen LogP contribution in [0.2, 0.25) is 0 Å². The standard InChI is InChI=1S/C21H33FN6O/c1-23-21(26-12-11-24-19(29)14-16-6-3-2-4-7-16)27-17-9-13-28(15-17)20-18(22)8-5-10-25-20/h5,8,10,16-17H,2-4,6-7,9,11-15H2,1H3,(H,24,29)(H2,23,26,27). The van der Waals surface area contributed by atoms with E-state index in [1.807, 2.05) is 4.90 Å². The molecule has 1 aromatic heterocycles. The summed E-state index contributed by atoms with van der Waals surface area (Å²) < 4.78 is 13.9. The highest BCUT2D eigenvalue weighted by Crippen LogP contribution is 2.26. The monoisotopic (exact) mass is 404 g/mol. The Hall–Kier alpha value is -2.38. The molecule has 3 N–H and O–H groups in total. The van der Waals surface area contributed by atoms with E-state index in [0.29, 0.717) is 43.8 Å². The Morgan fingerprint density at radius 1 is 1.24 bits per heavy atom. The lowest BCUT2D eigenvalue weighted by Crippen LogP contribution is -2.46. The van der Waals surface area contributed by atoms with E-state index in [1.54, 1.807) is 19.3 Å². The van der Waals surface area contributed by atoms with Crippen LogP contribution in [0.25, 0.3) is 0 Å². The Morgan fingerprint density at radius 2 is 2.03 bits per heavy atom. The molecule has 8 heteroatoms. The number of carbonyl (C=O) groups excluding carboxylic acids is 1. The first-order valence-corrected chi connectivity index (χ1v) is 10.7. The first-order valence-electron chi connectivity index (χ1n) is 10.7. The Morgan fingerprint density at radius 3 is 2.79 bits per heavy atom. The highest BCUT2D eigenvalue weighted by atomic mass is 19.1. The molecule has 2 aliphatic rings. The van der Waals surface area contributed by atoms with Crippen molar-refractivity contribution in [3.8, 4) is 0 Å². The van der Waals surface area contributed by atoms with Crippen molar-refractivity contribution in [1.29, 1.82) is 0 Å². The predicted octanol–water partition coefficient (Wildman–Crippen LogP) is 2.05. The number of aliphatic imine (C=N–C) groups is 1. The summed E-state index contributed by atoms with van der Waals surface area (Å²) in [6.07, 6.45) is 9.34. The molecule has 1 amide bonds. The maximum absolute atomic E-state index is 13.9. The summed E-state index contributed by atoms with van der Waals surface area (Å²) in [6.45, 7) is 2.61. The minimum atomic E-state index is -0.292. The van der Waals surface area contributed by atoms with Crippen molar-refractivity contribution in [2.24, 2.45) is 10.9 Å². The van der Waals surface area contributed by atoms with Gasteiger partial charge in [-0.3, -0.25) is 9.79 Å². The fourth-order valence-electron chi connectivity index (χ4n) is 4.18. The van der Waals surface area contributed by atoms with Crippen LogP contribution in [-0.2, 0) is 4.79 Å². The molecule has 29 heavy (non-hydrogen) atoms. The molecule has 0 spiro atoms. The molecule has 1 atom stereocenters. The quantitative estimate of drug-likeness (QED) is 0.368. The minimum absolute atomic E-state index is 0.144. The summed E-state index contributed by atoms with van der Waals surface area (Å²) in [5.74, 6) is 1.51. The Balaban J connectivity index is 1.33. The third-order valence-corrected chi connectivity index (χ3v) is 5.73. The van der Waals surface area contributed by atoms with Crippen molar-refractivity contribution in [3.05, 3.63) is 24.1 Å². The smallest absolute Gasteiger partial charge is 0.220 e. The third-order valence-electron chi connectivity index (χ3n) is 5.73. The van der Waals surface area contributed by atoms with E-state index in [-0.39, 0.29) is 17.8 Å². The molecule has 1 aliphatic carbocycles. The molecule has 7 nitrogen and oxygen atoms in total. The highest BCUT2D eigenvalue weighted by Gasteiger charge is 2.26. The first kappa shape index (κ1) is 21.3. The molecular formula is C21H33FN6O. The Labute approximate surface area is 172 Å². The number of amides is 1. The summed E-state index contributed by atoms with van der Waals surface area (Å²) >= 11 is 0. The summed E-state index contributed by atoms with van der Waals surface area (Å²) in [4.78, 5) is 22.4. The van der Waals surface area contributed by atoms with Gasteiger partial charge in [0.05, 0.1) is 0 Å². The molecule has 1 aliphatic heterocycles. The maximum Gasteiger partial charge on any atom is 0.220 e. The van der Waals surface area contributed by atoms with Gasteiger partial charge in [-0.15, -0.1) is 0 Å². The lowest BCUT2D eigenvalue weighted by molar-refractivity contribution is -0.122. The molecular weight excluding hydrogens is 371 g/mol. The van der Waals surface area contributed by atoms with Gasteiger partial charge in [0.25, 0.3) is 0 Å². The van der Waals surface area contributed by atoms with E-state index in [4.69, 9.17) is 0 Å². The second-order valence-electron chi connectivity index (χ2n) is 7.94. The van der Waals surface area contributed by atoms with E-state index in [1.165, 1.54) is 38.2 Å². The normalized spacial score (nSPS) is 20.6. The number of nitrogens with zero attached hydrogens (tertiary/aromatic N) is 3. The first-order chi connectivity index (χ1) is 14.2. The van der Waals surface area contributed by atoms with E-state index < -0.39 is 0 Å². The second-order valence-corrected chi connectivity index (χ2v) is 7.94. The Bertz CT molecular complexity index is 692. The zero-order chi connectivity index (χ0) is 20.5. The van der Waals surface area contributed by atoms with E-state index in [9.17, 15) is 9.18 Å². The van der Waals surface area contributed by atoms with Crippen molar-refractivity contribution >= 4 is 17.7 Å². The number of halogens is 1. The molecule has 1 unspecified atom stereocenters. The summed E-state index contributed by atoms with van der Waals surface area (Å²) in [6, 6.07) is 3.21. The maximum atomic E-state index is 13.9. The van der Waals surface area contributed by atoms with Crippen molar-refractivity contribution in [3.63, 3.8) is 0 Å². The van der Waals surface area contributed by atoms with Crippen LogP contribution in [0, 0.1) is 11.7 Å². The number of nitrogens with one attached hydrogen (secondary N) is 3. The average Bonchev–Trinajstić information content (AvgIpc) is 3.19. The number of guanidine groups is 1. The van der Waals surface area contributed by atoms with Gasteiger partial charge in [-0.1, -0.05) is 19.3 Å². The molecule has 1 saturated carbocycles. The molecule has 160 valence electrons. The number of hydrogen-bond donors (Lipinski definition) is 3. The largest absolute Gasteiger partial charge is 0.355 e. The molecule has 0 radical (unpaired) electrons. The topological polar surface area (TPSA) is 81.6 Å². The highest BCUT2D eigenvalue weighted by molar-refractivity contribution is 5.80. The van der Waals surface area contributed by atoms with Gasteiger partial charge < -0.3 is 20.9 Å². The van der Waals surface area contributed by atoms with Gasteiger partial charge in [0.15, 0.2) is 17.6 Å². The lowest BCUT2D eigenvalue weighted by Gasteiger charge is -2.21. The SMILES string of the molecule is CN=C(NCCNC(=O)CC1CCCCC1)NC1CCN(c2ncccc2F)C1. The number of anilines is 1. The number of pyridine rings is 1. The van der Waals surface area contributed by atoms with Crippen LogP contribution < -0.4 is 20.9 Å². The summed E-state index contributed by atoms with van der Waals surface area (Å²) in [5, 5.41) is 9.61. The van der Waals surface area contributed by atoms with Crippen LogP contribution in [0.3, 0.4) is 0 Å². The molecule has 0 aromatic carbocycles. The van der Waals surface area contributed by atoms with E-state index in [2.05, 4.69) is 25.9 Å². The van der Waals surface area contributed by atoms with Crippen molar-refractivity contribution < 1.29 is 9.18 Å². The van der Waals surface area contributed by atoms with Crippen molar-refractivity contribution in [2.75, 3.05) is 38.1 Å². The van der Waals surface area contributed by atoms with Gasteiger partial charge in [-0.25, -0.2) is 9.37 Å². The van der Waals surface area contributed by atoms with Gasteiger partial charge >= 0.3 is 0 Å². The van der Waals surface area contributed by atoms with Gasteiger partial charge in [0.1, 0.15) is 0 Å². The second kappa shape index (κ2) is 11.0. The third kappa shape index (κ3) is 6.58. The molecule has 3 rings (SSSR count). The number of aromatic nitrogens is 1. The predicted molar refractivity (Wildman–Crippen MR) is 114 cm³/mol. The van der Waals surface area contributed by atoms with Gasteiger partial charge in [-0.05, 0) is 37.3 Å². The number of rotatable bonds is 7. The molecule has 2 heterocycles. The van der Waals surface area contributed by atoms with Gasteiger partial charge in [-0.2, -0.15) is 0 Å². The zero-order valence-electron chi connectivity index (χ0n) is 17.3. The van der Waals surface area contributed by atoms with E-state index in [0.717, 1.165) is 13.0 Å². The van der Waals surface area contributed by atoms with Crippen LogP contribution in [-0.4, -0.2) is 56.1 Å². The van der Waals surface area contributed by atoms with Gasteiger partial charge in [0, 0.05) is 51.9 Å². The molecule has 2 fully saturated rings. The van der Waals surface area contributed by atoms with Crippen molar-refractivity contribution in [2.45, 2.75) is 51.0 Å². The van der Waals surface area contributed by atoms with Crippen LogP contribution in [0.5, 0.6) is 0 Å². The molecule has 0 bridgehead atoms. The minimum Gasteiger partial charge on any atom is -0.355 e. The van der Waals surface area contributed by atoms with Crippen molar-refractivity contribution in [1.82, 2.24) is 20.9 Å². The zero-order valence-corrected chi connectivity index (χ0v) is 17.3.